The van der Waals surface area contributed by atoms with Gasteiger partial charge in [0.2, 0.25) is 5.89 Å². The fourth-order valence-electron chi connectivity index (χ4n) is 2.82. The molecule has 0 aromatic carbocycles. The standard InChI is InChI=1S/C14H23N3O/c1-14(2,11-4-3-7-15-9-11)13-16-12(17-18-13)8-10-5-6-10/h10-11,15H,3-9H2,1-2H3. The van der Waals surface area contributed by atoms with Crippen molar-refractivity contribution in [3.05, 3.63) is 11.7 Å². The molecule has 1 aliphatic carbocycles. The molecule has 1 aromatic rings. The lowest BCUT2D eigenvalue weighted by molar-refractivity contribution is 0.196. The Balaban J connectivity index is 1.72. The van der Waals surface area contributed by atoms with Crippen molar-refractivity contribution >= 4 is 0 Å². The summed E-state index contributed by atoms with van der Waals surface area (Å²) in [5, 5.41) is 7.62. The van der Waals surface area contributed by atoms with E-state index in [4.69, 9.17) is 4.52 Å². The molecule has 1 saturated carbocycles. The van der Waals surface area contributed by atoms with Gasteiger partial charge in [0.05, 0.1) is 0 Å². The second kappa shape index (κ2) is 4.65. The van der Waals surface area contributed by atoms with Crippen LogP contribution < -0.4 is 5.32 Å². The maximum absolute atomic E-state index is 5.52. The summed E-state index contributed by atoms with van der Waals surface area (Å²) < 4.78 is 5.52. The Morgan fingerprint density at radius 3 is 2.83 bits per heavy atom. The zero-order valence-corrected chi connectivity index (χ0v) is 11.4. The van der Waals surface area contributed by atoms with Crippen LogP contribution in [-0.4, -0.2) is 23.2 Å². The highest BCUT2D eigenvalue weighted by Gasteiger charge is 2.37. The molecule has 3 rings (SSSR count). The highest BCUT2D eigenvalue weighted by molar-refractivity contribution is 5.06. The summed E-state index contributed by atoms with van der Waals surface area (Å²) in [5.41, 5.74) is -0.0117. The minimum atomic E-state index is -0.0117. The van der Waals surface area contributed by atoms with E-state index in [0.717, 1.165) is 37.1 Å². The zero-order valence-electron chi connectivity index (χ0n) is 11.4. The first-order valence-electron chi connectivity index (χ1n) is 7.20. The van der Waals surface area contributed by atoms with E-state index < -0.39 is 0 Å². The van der Waals surface area contributed by atoms with Crippen LogP contribution in [0.5, 0.6) is 0 Å². The third-order valence-electron chi connectivity index (χ3n) is 4.50. The second-order valence-electron chi connectivity index (χ2n) is 6.43. The van der Waals surface area contributed by atoms with Gasteiger partial charge in [-0.3, -0.25) is 0 Å². The summed E-state index contributed by atoms with van der Waals surface area (Å²) in [7, 11) is 0. The maximum Gasteiger partial charge on any atom is 0.232 e. The van der Waals surface area contributed by atoms with Gasteiger partial charge < -0.3 is 9.84 Å². The van der Waals surface area contributed by atoms with Gasteiger partial charge in [-0.1, -0.05) is 19.0 Å². The minimum Gasteiger partial charge on any atom is -0.339 e. The topological polar surface area (TPSA) is 51.0 Å². The quantitative estimate of drug-likeness (QED) is 0.889. The number of rotatable bonds is 4. The van der Waals surface area contributed by atoms with Crippen LogP contribution in [0.3, 0.4) is 0 Å². The number of hydrogen-bond donors (Lipinski definition) is 1. The Morgan fingerprint density at radius 1 is 1.33 bits per heavy atom. The molecule has 4 nitrogen and oxygen atoms in total. The molecule has 1 N–H and O–H groups in total. The smallest absolute Gasteiger partial charge is 0.232 e. The van der Waals surface area contributed by atoms with Gasteiger partial charge in [-0.2, -0.15) is 4.98 Å². The van der Waals surface area contributed by atoms with Crippen LogP contribution in [0.25, 0.3) is 0 Å². The van der Waals surface area contributed by atoms with Gasteiger partial charge >= 0.3 is 0 Å². The van der Waals surface area contributed by atoms with Crippen molar-refractivity contribution in [3.63, 3.8) is 0 Å². The van der Waals surface area contributed by atoms with Crippen molar-refractivity contribution in [2.75, 3.05) is 13.1 Å². The molecule has 0 amide bonds. The van der Waals surface area contributed by atoms with Gasteiger partial charge in [0, 0.05) is 11.8 Å². The summed E-state index contributed by atoms with van der Waals surface area (Å²) in [6.07, 6.45) is 6.17. The molecule has 2 heterocycles. The first-order valence-corrected chi connectivity index (χ1v) is 7.20. The van der Waals surface area contributed by atoms with Crippen LogP contribution in [0.1, 0.15) is 51.2 Å². The van der Waals surface area contributed by atoms with E-state index in [0.29, 0.717) is 5.92 Å². The maximum atomic E-state index is 5.52. The number of hydrogen-bond acceptors (Lipinski definition) is 4. The van der Waals surface area contributed by atoms with Crippen LogP contribution in [0, 0.1) is 11.8 Å². The Labute approximate surface area is 109 Å². The van der Waals surface area contributed by atoms with E-state index in [-0.39, 0.29) is 5.41 Å². The Kier molecular flexibility index (Phi) is 3.14. The van der Waals surface area contributed by atoms with Crippen molar-refractivity contribution in [1.82, 2.24) is 15.5 Å². The van der Waals surface area contributed by atoms with Crippen molar-refractivity contribution in [3.8, 4) is 0 Å². The van der Waals surface area contributed by atoms with Crippen LogP contribution in [0.2, 0.25) is 0 Å². The largest absolute Gasteiger partial charge is 0.339 e. The summed E-state index contributed by atoms with van der Waals surface area (Å²) >= 11 is 0. The van der Waals surface area contributed by atoms with Crippen LogP contribution in [0.4, 0.5) is 0 Å². The van der Waals surface area contributed by atoms with E-state index >= 15 is 0 Å². The van der Waals surface area contributed by atoms with Crippen molar-refractivity contribution in [1.29, 1.82) is 0 Å². The average Bonchev–Trinajstić information content (AvgIpc) is 3.05. The normalized spacial score (nSPS) is 25.3. The molecule has 1 saturated heterocycles. The van der Waals surface area contributed by atoms with Gasteiger partial charge in [0.25, 0.3) is 0 Å². The molecule has 0 bridgehead atoms. The summed E-state index contributed by atoms with van der Waals surface area (Å²) in [4.78, 5) is 4.63. The Bertz CT molecular complexity index is 403. The van der Waals surface area contributed by atoms with E-state index in [9.17, 15) is 0 Å². The molecular formula is C14H23N3O. The van der Waals surface area contributed by atoms with Crippen molar-refractivity contribution < 1.29 is 4.52 Å². The van der Waals surface area contributed by atoms with Crippen LogP contribution in [0.15, 0.2) is 4.52 Å². The van der Waals surface area contributed by atoms with E-state index in [1.165, 1.54) is 25.7 Å². The highest BCUT2D eigenvalue weighted by Crippen LogP contribution is 2.36. The Hall–Kier alpha value is -0.900. The lowest BCUT2D eigenvalue weighted by Crippen LogP contribution is -2.40. The fourth-order valence-corrected chi connectivity index (χ4v) is 2.82. The van der Waals surface area contributed by atoms with Gasteiger partial charge in [0.1, 0.15) is 0 Å². The fraction of sp³-hybridized carbons (Fsp3) is 0.857. The number of aromatic nitrogens is 2. The molecule has 18 heavy (non-hydrogen) atoms. The predicted octanol–water partition coefficient (Wildman–Crippen LogP) is 2.30. The number of nitrogens with one attached hydrogen (secondary N) is 1. The van der Waals surface area contributed by atoms with Gasteiger partial charge in [0.15, 0.2) is 5.82 Å². The third-order valence-corrected chi connectivity index (χ3v) is 4.50. The molecule has 1 atom stereocenters. The summed E-state index contributed by atoms with van der Waals surface area (Å²) in [5.74, 6) is 3.14. The Morgan fingerprint density at radius 2 is 2.17 bits per heavy atom. The lowest BCUT2D eigenvalue weighted by atomic mass is 9.75. The third kappa shape index (κ3) is 2.44. The van der Waals surface area contributed by atoms with E-state index in [1.807, 2.05) is 0 Å². The molecule has 4 heteroatoms. The monoisotopic (exact) mass is 249 g/mol. The van der Waals surface area contributed by atoms with Gasteiger partial charge in [-0.15, -0.1) is 0 Å². The zero-order chi connectivity index (χ0) is 12.6. The molecule has 2 aliphatic rings. The first-order chi connectivity index (χ1) is 8.66. The molecular weight excluding hydrogens is 226 g/mol. The molecule has 1 aliphatic heterocycles. The molecule has 0 spiro atoms. The molecule has 2 fully saturated rings. The number of nitrogens with zero attached hydrogens (tertiary/aromatic N) is 2. The minimum absolute atomic E-state index is 0.0117. The highest BCUT2D eigenvalue weighted by atomic mass is 16.5. The van der Waals surface area contributed by atoms with E-state index in [1.54, 1.807) is 0 Å². The SMILES string of the molecule is CC(C)(c1nc(CC2CC2)no1)C1CCCNC1. The van der Waals surface area contributed by atoms with Crippen LogP contribution >= 0.6 is 0 Å². The molecule has 0 radical (unpaired) electrons. The molecule has 1 unspecified atom stereocenters. The van der Waals surface area contributed by atoms with Gasteiger partial charge in [-0.25, -0.2) is 0 Å². The lowest BCUT2D eigenvalue weighted by Gasteiger charge is -2.34. The van der Waals surface area contributed by atoms with Gasteiger partial charge in [-0.05, 0) is 50.6 Å². The number of piperidine rings is 1. The summed E-state index contributed by atoms with van der Waals surface area (Å²) in [6.45, 7) is 6.68. The second-order valence-corrected chi connectivity index (χ2v) is 6.43. The summed E-state index contributed by atoms with van der Waals surface area (Å²) in [6, 6.07) is 0. The van der Waals surface area contributed by atoms with Crippen molar-refractivity contribution in [2.45, 2.75) is 51.4 Å². The first kappa shape index (κ1) is 12.2. The van der Waals surface area contributed by atoms with E-state index in [2.05, 4.69) is 29.3 Å². The molecule has 1 aromatic heterocycles. The average molecular weight is 249 g/mol. The van der Waals surface area contributed by atoms with Crippen molar-refractivity contribution in [2.24, 2.45) is 11.8 Å². The van der Waals surface area contributed by atoms with Crippen LogP contribution in [-0.2, 0) is 11.8 Å². The molecule has 100 valence electrons. The predicted molar refractivity (Wildman–Crippen MR) is 69.3 cm³/mol.